The van der Waals surface area contributed by atoms with E-state index in [-0.39, 0.29) is 11.0 Å². The van der Waals surface area contributed by atoms with Crippen molar-refractivity contribution < 1.29 is 9.59 Å². The van der Waals surface area contributed by atoms with Gasteiger partial charge in [0.2, 0.25) is 0 Å². The first-order valence-electron chi connectivity index (χ1n) is 5.88. The number of nitrogens with one attached hydrogen (secondary N) is 1. The summed E-state index contributed by atoms with van der Waals surface area (Å²) in [7, 11) is 0. The average molecular weight is 261 g/mol. The molecule has 0 atom stereocenters. The maximum Gasteiger partial charge on any atom is 0.251 e. The highest BCUT2D eigenvalue weighted by Crippen LogP contribution is 2.21. The van der Waals surface area contributed by atoms with Crippen LogP contribution in [-0.4, -0.2) is 16.8 Å². The van der Waals surface area contributed by atoms with Crippen molar-refractivity contribution in [3.8, 4) is 0 Å². The van der Waals surface area contributed by atoms with Crippen LogP contribution in [0.2, 0.25) is 0 Å². The highest BCUT2D eigenvalue weighted by atomic mass is 32.2. The Labute approximate surface area is 111 Å². The van der Waals surface area contributed by atoms with Crippen LogP contribution in [0.3, 0.4) is 0 Å². The molecule has 1 aromatic rings. The van der Waals surface area contributed by atoms with E-state index in [4.69, 9.17) is 0 Å². The molecule has 2 rings (SSSR count). The number of carbonyl (C=O) groups excluding carboxylic acids is 2. The van der Waals surface area contributed by atoms with Crippen molar-refractivity contribution >= 4 is 28.9 Å². The number of benzene rings is 1. The fourth-order valence-corrected chi connectivity index (χ4v) is 2.46. The predicted octanol–water partition coefficient (Wildman–Crippen LogP) is 2.61. The molecular formula is C14H15NO2S. The van der Waals surface area contributed by atoms with Gasteiger partial charge >= 0.3 is 0 Å². The summed E-state index contributed by atoms with van der Waals surface area (Å²) in [5.74, 6) is 0.810. The van der Waals surface area contributed by atoms with Crippen LogP contribution in [0.4, 0.5) is 0 Å². The van der Waals surface area contributed by atoms with Gasteiger partial charge in [-0.2, -0.15) is 0 Å². The van der Waals surface area contributed by atoms with Crippen molar-refractivity contribution in [2.45, 2.75) is 19.9 Å². The number of fused-ring (bicyclic) bond motifs is 1. The molecule has 0 saturated heterocycles. The van der Waals surface area contributed by atoms with Crippen molar-refractivity contribution in [2.75, 3.05) is 5.75 Å². The molecule has 1 amide bonds. The summed E-state index contributed by atoms with van der Waals surface area (Å²) < 4.78 is 0. The molecule has 1 aliphatic heterocycles. The Bertz CT molecular complexity index is 509. The van der Waals surface area contributed by atoms with Gasteiger partial charge in [-0.1, -0.05) is 36.0 Å². The van der Waals surface area contributed by atoms with E-state index in [1.807, 2.05) is 30.4 Å². The zero-order valence-corrected chi connectivity index (χ0v) is 11.0. The summed E-state index contributed by atoms with van der Waals surface area (Å²) in [6.45, 7) is 2.19. The highest BCUT2D eigenvalue weighted by molar-refractivity contribution is 8.13. The number of amides is 1. The van der Waals surface area contributed by atoms with Crippen molar-refractivity contribution in [3.63, 3.8) is 0 Å². The Balaban J connectivity index is 2.00. The van der Waals surface area contributed by atoms with Gasteiger partial charge in [0.1, 0.15) is 0 Å². The van der Waals surface area contributed by atoms with Gasteiger partial charge in [0.25, 0.3) is 5.91 Å². The molecule has 1 aromatic carbocycles. The molecule has 0 spiro atoms. The first-order chi connectivity index (χ1) is 8.68. The molecule has 0 aliphatic carbocycles. The minimum atomic E-state index is 0.00684. The van der Waals surface area contributed by atoms with Crippen molar-refractivity contribution in [1.29, 1.82) is 0 Å². The zero-order valence-electron chi connectivity index (χ0n) is 10.2. The quantitative estimate of drug-likeness (QED) is 0.847. The third-order valence-electron chi connectivity index (χ3n) is 2.77. The largest absolute Gasteiger partial charge is 0.348 e. The first-order valence-corrected chi connectivity index (χ1v) is 6.87. The minimum absolute atomic E-state index is 0.00684. The number of hydrogen-bond acceptors (Lipinski definition) is 3. The van der Waals surface area contributed by atoms with E-state index in [1.165, 1.54) is 11.8 Å². The molecule has 94 valence electrons. The highest BCUT2D eigenvalue weighted by Gasteiger charge is 2.19. The van der Waals surface area contributed by atoms with Crippen LogP contribution in [0.1, 0.15) is 34.8 Å². The molecule has 0 unspecified atom stereocenters. The third kappa shape index (κ3) is 3.01. The van der Waals surface area contributed by atoms with E-state index in [1.54, 1.807) is 6.92 Å². The third-order valence-corrected chi connectivity index (χ3v) is 3.62. The summed E-state index contributed by atoms with van der Waals surface area (Å²) in [4.78, 5) is 22.3. The average Bonchev–Trinajstić information content (AvgIpc) is 2.71. The lowest BCUT2D eigenvalue weighted by molar-refractivity contribution is -0.109. The van der Waals surface area contributed by atoms with Crippen molar-refractivity contribution in [1.82, 2.24) is 5.32 Å². The van der Waals surface area contributed by atoms with Gasteiger partial charge in [-0.3, -0.25) is 9.59 Å². The Hall–Kier alpha value is -1.55. The molecule has 3 nitrogen and oxygen atoms in total. The minimum Gasteiger partial charge on any atom is -0.348 e. The van der Waals surface area contributed by atoms with E-state index >= 15 is 0 Å². The molecule has 1 N–H and O–H groups in total. The number of rotatable bonds is 4. The molecule has 0 radical (unpaired) electrons. The van der Waals surface area contributed by atoms with Gasteiger partial charge in [0, 0.05) is 24.8 Å². The standard InChI is InChI=1S/C14H15NO2S/c1-10(16)18-8-3-2-5-11-6-4-7-12-13(11)9-15-14(12)17/h2,4-7H,3,8-9H2,1H3,(H,15,17). The molecule has 1 heterocycles. The van der Waals surface area contributed by atoms with Gasteiger partial charge in [-0.15, -0.1) is 0 Å². The van der Waals surface area contributed by atoms with E-state index in [9.17, 15) is 9.59 Å². The topological polar surface area (TPSA) is 46.2 Å². The normalized spacial score (nSPS) is 13.7. The first kappa shape index (κ1) is 12.9. The second-order valence-electron chi connectivity index (χ2n) is 4.09. The van der Waals surface area contributed by atoms with E-state index in [0.29, 0.717) is 6.54 Å². The summed E-state index contributed by atoms with van der Waals surface area (Å²) in [5, 5.41) is 2.97. The van der Waals surface area contributed by atoms with Crippen LogP contribution in [0, 0.1) is 0 Å². The predicted molar refractivity (Wildman–Crippen MR) is 74.4 cm³/mol. The maximum absolute atomic E-state index is 11.5. The van der Waals surface area contributed by atoms with Crippen LogP contribution in [0.25, 0.3) is 6.08 Å². The molecule has 0 fully saturated rings. The van der Waals surface area contributed by atoms with Gasteiger partial charge < -0.3 is 5.32 Å². The second-order valence-corrected chi connectivity index (χ2v) is 5.36. The molecular weight excluding hydrogens is 246 g/mol. The van der Waals surface area contributed by atoms with Crippen LogP contribution in [0.5, 0.6) is 0 Å². The number of thioether (sulfide) groups is 1. The van der Waals surface area contributed by atoms with E-state index in [2.05, 4.69) is 5.32 Å². The molecule has 18 heavy (non-hydrogen) atoms. The SMILES string of the molecule is CC(=O)SCCC=Cc1cccc2c1CNC2=O. The van der Waals surface area contributed by atoms with E-state index < -0.39 is 0 Å². The number of hydrogen-bond donors (Lipinski definition) is 1. The lowest BCUT2D eigenvalue weighted by atomic mass is 10.0. The Morgan fingerprint density at radius 2 is 2.33 bits per heavy atom. The zero-order chi connectivity index (χ0) is 13.0. The van der Waals surface area contributed by atoms with Gasteiger partial charge in [-0.05, 0) is 23.6 Å². The number of allylic oxidation sites excluding steroid dienone is 1. The Morgan fingerprint density at radius 3 is 3.11 bits per heavy atom. The summed E-state index contributed by atoms with van der Waals surface area (Å²) in [6.07, 6.45) is 4.93. The molecule has 1 aliphatic rings. The second kappa shape index (κ2) is 5.87. The van der Waals surface area contributed by atoms with Gasteiger partial charge in [0.05, 0.1) is 0 Å². The summed E-state index contributed by atoms with van der Waals surface area (Å²) in [6, 6.07) is 5.75. The summed E-state index contributed by atoms with van der Waals surface area (Å²) >= 11 is 1.34. The molecule has 0 bridgehead atoms. The molecule has 0 saturated carbocycles. The van der Waals surface area contributed by atoms with Crippen molar-refractivity contribution in [3.05, 3.63) is 41.0 Å². The Kier molecular flexibility index (Phi) is 4.20. The lowest BCUT2D eigenvalue weighted by Crippen LogP contribution is -2.12. The number of carbonyl (C=O) groups is 2. The molecule has 0 aromatic heterocycles. The Morgan fingerprint density at radius 1 is 1.50 bits per heavy atom. The van der Waals surface area contributed by atoms with Crippen LogP contribution in [0.15, 0.2) is 24.3 Å². The fraction of sp³-hybridized carbons (Fsp3) is 0.286. The van der Waals surface area contributed by atoms with Gasteiger partial charge in [-0.25, -0.2) is 0 Å². The maximum atomic E-state index is 11.5. The van der Waals surface area contributed by atoms with Crippen LogP contribution < -0.4 is 5.32 Å². The summed E-state index contributed by atoms with van der Waals surface area (Å²) in [5.41, 5.74) is 2.92. The van der Waals surface area contributed by atoms with Crippen LogP contribution >= 0.6 is 11.8 Å². The smallest absolute Gasteiger partial charge is 0.251 e. The van der Waals surface area contributed by atoms with Crippen LogP contribution in [-0.2, 0) is 11.3 Å². The fourth-order valence-electron chi connectivity index (χ4n) is 1.92. The monoisotopic (exact) mass is 261 g/mol. The van der Waals surface area contributed by atoms with Gasteiger partial charge in [0.15, 0.2) is 5.12 Å². The lowest BCUT2D eigenvalue weighted by Gasteiger charge is -2.01. The van der Waals surface area contributed by atoms with E-state index in [0.717, 1.165) is 28.9 Å². The van der Waals surface area contributed by atoms with Crippen molar-refractivity contribution in [2.24, 2.45) is 0 Å². The molecule has 4 heteroatoms.